The maximum absolute atomic E-state index is 11.3. The van der Waals surface area contributed by atoms with Crippen LogP contribution in [0.25, 0.3) is 0 Å². The van der Waals surface area contributed by atoms with E-state index in [9.17, 15) is 4.57 Å². The van der Waals surface area contributed by atoms with E-state index in [-0.39, 0.29) is 13.0 Å². The van der Waals surface area contributed by atoms with Gasteiger partial charge in [0.2, 0.25) is 0 Å². The van der Waals surface area contributed by atoms with E-state index in [1.165, 1.54) is 6.42 Å². The molecule has 0 spiro atoms. The first-order valence-electron chi connectivity index (χ1n) is 5.57. The summed E-state index contributed by atoms with van der Waals surface area (Å²) in [5.74, 6) is 0.451. The van der Waals surface area contributed by atoms with E-state index in [1.807, 2.05) is 6.07 Å². The van der Waals surface area contributed by atoms with Gasteiger partial charge in [0.05, 0.1) is 25.7 Å². The van der Waals surface area contributed by atoms with E-state index in [0.29, 0.717) is 12.5 Å². The van der Waals surface area contributed by atoms with Gasteiger partial charge in [-0.1, -0.05) is 0 Å². The highest BCUT2D eigenvalue weighted by Gasteiger charge is 2.18. The molecule has 1 aliphatic rings. The number of rotatable bonds is 6. The zero-order chi connectivity index (χ0) is 11.8. The molecule has 0 radical (unpaired) electrons. The zero-order valence-corrected chi connectivity index (χ0v) is 10.6. The van der Waals surface area contributed by atoms with Crippen LogP contribution in [0.5, 0.6) is 0 Å². The Morgan fingerprint density at radius 3 is 3.06 bits per heavy atom. The fourth-order valence-corrected chi connectivity index (χ4v) is 2.54. The maximum Gasteiger partial charge on any atom is 0.319 e. The van der Waals surface area contributed by atoms with Gasteiger partial charge in [0.25, 0.3) is 0 Å². The van der Waals surface area contributed by atoms with Gasteiger partial charge in [-0.15, -0.1) is 0 Å². The molecule has 1 fully saturated rings. The summed E-state index contributed by atoms with van der Waals surface area (Å²) in [6.07, 6.45) is 2.55. The molecule has 1 saturated heterocycles. The average molecular weight is 246 g/mol. The Morgan fingerprint density at radius 1 is 1.56 bits per heavy atom. The molecule has 2 atom stereocenters. The quantitative estimate of drug-likeness (QED) is 0.527. The molecule has 0 aliphatic carbocycles. The van der Waals surface area contributed by atoms with Crippen molar-refractivity contribution in [3.63, 3.8) is 0 Å². The first-order chi connectivity index (χ1) is 7.72. The van der Waals surface area contributed by atoms with Crippen molar-refractivity contribution in [3.05, 3.63) is 0 Å². The molecular weight excluding hydrogens is 227 g/mol. The van der Waals surface area contributed by atoms with Gasteiger partial charge in [-0.3, -0.25) is 4.57 Å². The molecule has 2 unspecified atom stereocenters. The standard InChI is InChI=1S/C10H19N2O3P/c1-12-6-2-4-10(8-12)9-15-16(13)14-7-3-5-11/h10,16H,2-4,6-9H2,1H3. The SMILES string of the molecule is CN1CCCC(CO[PH](=O)OCCC#N)C1. The summed E-state index contributed by atoms with van der Waals surface area (Å²) >= 11 is 0. The van der Waals surface area contributed by atoms with Crippen molar-refractivity contribution in [2.24, 2.45) is 5.92 Å². The Hall–Kier alpha value is -0.400. The van der Waals surface area contributed by atoms with E-state index in [1.54, 1.807) is 0 Å². The van der Waals surface area contributed by atoms with Gasteiger partial charge in [0, 0.05) is 6.54 Å². The van der Waals surface area contributed by atoms with Crippen LogP contribution in [0.1, 0.15) is 19.3 Å². The second kappa shape index (κ2) is 7.81. The van der Waals surface area contributed by atoms with E-state index < -0.39 is 8.25 Å². The second-order valence-corrected chi connectivity index (χ2v) is 5.17. The predicted octanol–water partition coefficient (Wildman–Crippen LogP) is 1.66. The number of piperidine rings is 1. The van der Waals surface area contributed by atoms with Gasteiger partial charge in [0.1, 0.15) is 0 Å². The molecule has 1 aliphatic heterocycles. The van der Waals surface area contributed by atoms with Crippen LogP contribution in [0.2, 0.25) is 0 Å². The molecule has 0 aromatic heterocycles. The Kier molecular flexibility index (Phi) is 6.67. The minimum Gasteiger partial charge on any atom is -0.310 e. The van der Waals surface area contributed by atoms with Gasteiger partial charge in [0.15, 0.2) is 0 Å². The fraction of sp³-hybridized carbons (Fsp3) is 0.900. The van der Waals surface area contributed by atoms with Crippen LogP contribution in [0.15, 0.2) is 0 Å². The monoisotopic (exact) mass is 246 g/mol. The van der Waals surface area contributed by atoms with E-state index in [2.05, 4.69) is 11.9 Å². The van der Waals surface area contributed by atoms with Crippen LogP contribution < -0.4 is 0 Å². The highest BCUT2D eigenvalue weighted by atomic mass is 31.1. The first kappa shape index (κ1) is 13.7. The lowest BCUT2D eigenvalue weighted by Crippen LogP contribution is -2.33. The van der Waals surface area contributed by atoms with E-state index >= 15 is 0 Å². The highest BCUT2D eigenvalue weighted by molar-refractivity contribution is 7.33. The summed E-state index contributed by atoms with van der Waals surface area (Å²) in [4.78, 5) is 2.26. The largest absolute Gasteiger partial charge is 0.319 e. The summed E-state index contributed by atoms with van der Waals surface area (Å²) in [6, 6.07) is 1.92. The first-order valence-corrected chi connectivity index (χ1v) is 6.80. The number of nitrogens with zero attached hydrogens (tertiary/aromatic N) is 2. The minimum absolute atomic E-state index is 0.193. The molecule has 1 rings (SSSR count). The van der Waals surface area contributed by atoms with Crippen LogP contribution in [-0.2, 0) is 13.6 Å². The minimum atomic E-state index is -2.40. The fourth-order valence-electron chi connectivity index (χ4n) is 1.82. The predicted molar refractivity (Wildman–Crippen MR) is 61.4 cm³/mol. The van der Waals surface area contributed by atoms with Crippen LogP contribution in [0.4, 0.5) is 0 Å². The lowest BCUT2D eigenvalue weighted by Gasteiger charge is -2.29. The molecule has 0 amide bonds. The molecule has 6 heteroatoms. The second-order valence-electron chi connectivity index (χ2n) is 4.09. The van der Waals surface area contributed by atoms with Gasteiger partial charge in [-0.2, -0.15) is 5.26 Å². The van der Waals surface area contributed by atoms with E-state index in [0.717, 1.165) is 19.5 Å². The number of hydrogen-bond acceptors (Lipinski definition) is 5. The third-order valence-electron chi connectivity index (χ3n) is 2.59. The smallest absolute Gasteiger partial charge is 0.310 e. The molecule has 1 heterocycles. The van der Waals surface area contributed by atoms with Crippen molar-refractivity contribution in [1.82, 2.24) is 4.90 Å². The Bertz CT molecular complexity index is 267. The van der Waals surface area contributed by atoms with Crippen molar-refractivity contribution in [1.29, 1.82) is 5.26 Å². The molecule has 0 N–H and O–H groups in total. The Morgan fingerprint density at radius 2 is 2.38 bits per heavy atom. The molecule has 0 aromatic carbocycles. The van der Waals surface area contributed by atoms with Gasteiger partial charge < -0.3 is 13.9 Å². The lowest BCUT2D eigenvalue weighted by molar-refractivity contribution is 0.138. The van der Waals surface area contributed by atoms with Crippen LogP contribution in [-0.4, -0.2) is 38.3 Å². The summed E-state index contributed by atoms with van der Waals surface area (Å²) in [6.45, 7) is 2.81. The summed E-state index contributed by atoms with van der Waals surface area (Å²) in [7, 11) is -0.316. The van der Waals surface area contributed by atoms with Crippen molar-refractivity contribution in [3.8, 4) is 6.07 Å². The molecule has 16 heavy (non-hydrogen) atoms. The highest BCUT2D eigenvalue weighted by Crippen LogP contribution is 2.26. The summed E-state index contributed by atoms with van der Waals surface area (Å²) in [5, 5.41) is 8.28. The summed E-state index contributed by atoms with van der Waals surface area (Å²) in [5.41, 5.74) is 0. The Labute approximate surface area is 97.3 Å². The number of hydrogen-bond donors (Lipinski definition) is 0. The number of nitriles is 1. The van der Waals surface area contributed by atoms with Crippen molar-refractivity contribution in [2.45, 2.75) is 19.3 Å². The molecular formula is C10H19N2O3P. The van der Waals surface area contributed by atoms with Crippen LogP contribution in [0.3, 0.4) is 0 Å². The molecule has 5 nitrogen and oxygen atoms in total. The third-order valence-corrected chi connectivity index (χ3v) is 3.43. The lowest BCUT2D eigenvalue weighted by atomic mass is 10.00. The van der Waals surface area contributed by atoms with Crippen LogP contribution in [0, 0.1) is 17.2 Å². The zero-order valence-electron chi connectivity index (χ0n) is 9.65. The molecule has 0 saturated carbocycles. The maximum atomic E-state index is 11.3. The Balaban J connectivity index is 2.09. The van der Waals surface area contributed by atoms with E-state index in [4.69, 9.17) is 14.3 Å². The molecule has 0 bridgehead atoms. The van der Waals surface area contributed by atoms with Crippen molar-refractivity contribution in [2.75, 3.05) is 33.4 Å². The molecule has 0 aromatic rings. The van der Waals surface area contributed by atoms with Crippen molar-refractivity contribution < 1.29 is 13.6 Å². The average Bonchev–Trinajstić information content (AvgIpc) is 2.27. The van der Waals surface area contributed by atoms with Gasteiger partial charge in [-0.25, -0.2) is 0 Å². The topological polar surface area (TPSA) is 62.6 Å². The van der Waals surface area contributed by atoms with Gasteiger partial charge >= 0.3 is 8.25 Å². The molecule has 92 valence electrons. The van der Waals surface area contributed by atoms with Crippen LogP contribution >= 0.6 is 8.25 Å². The normalized spacial score (nSPS) is 23.9. The van der Waals surface area contributed by atoms with Crippen molar-refractivity contribution >= 4 is 8.25 Å². The number of likely N-dealkylation sites (tertiary alicyclic amines) is 1. The summed E-state index contributed by atoms with van der Waals surface area (Å²) < 4.78 is 21.3. The van der Waals surface area contributed by atoms with Gasteiger partial charge in [-0.05, 0) is 32.4 Å². The third kappa shape index (κ3) is 5.62.